The number of benzene rings is 2. The van der Waals surface area contributed by atoms with E-state index in [0.29, 0.717) is 13.0 Å². The van der Waals surface area contributed by atoms with Crippen molar-refractivity contribution in [1.29, 1.82) is 0 Å². The number of anilines is 2. The Morgan fingerprint density at radius 2 is 1.80 bits per heavy atom. The SMILES string of the molecule is CCN(C(=O)C1CC1C(=O)Nc1cc(C)ccc1C)c1ccccc1. The highest BCUT2D eigenvalue weighted by molar-refractivity contribution is 6.04. The zero-order valence-electron chi connectivity index (χ0n) is 15.0. The van der Waals surface area contributed by atoms with Crippen LogP contribution in [0.2, 0.25) is 0 Å². The van der Waals surface area contributed by atoms with E-state index in [-0.39, 0.29) is 23.7 Å². The Morgan fingerprint density at radius 3 is 2.48 bits per heavy atom. The minimum atomic E-state index is -0.231. The van der Waals surface area contributed by atoms with Crippen LogP contribution in [0, 0.1) is 25.7 Å². The minimum Gasteiger partial charge on any atom is -0.326 e. The summed E-state index contributed by atoms with van der Waals surface area (Å²) in [6.45, 7) is 6.53. The quantitative estimate of drug-likeness (QED) is 0.899. The molecule has 2 unspecified atom stereocenters. The van der Waals surface area contributed by atoms with Crippen LogP contribution < -0.4 is 10.2 Å². The first-order valence-electron chi connectivity index (χ1n) is 8.75. The topological polar surface area (TPSA) is 49.4 Å². The molecule has 130 valence electrons. The number of carbonyl (C=O) groups excluding carboxylic acids is 2. The Balaban J connectivity index is 1.66. The molecule has 4 nitrogen and oxygen atoms in total. The number of hydrogen-bond donors (Lipinski definition) is 1. The molecular formula is C21H24N2O2. The van der Waals surface area contributed by atoms with Crippen LogP contribution in [-0.4, -0.2) is 18.4 Å². The summed E-state index contributed by atoms with van der Waals surface area (Å²) in [4.78, 5) is 27.0. The second kappa shape index (κ2) is 7.09. The van der Waals surface area contributed by atoms with Crippen LogP contribution in [0.1, 0.15) is 24.5 Å². The first-order chi connectivity index (χ1) is 12.0. The average molecular weight is 336 g/mol. The average Bonchev–Trinajstić information content (AvgIpc) is 3.40. The smallest absolute Gasteiger partial charge is 0.230 e. The van der Waals surface area contributed by atoms with Gasteiger partial charge in [-0.05, 0) is 56.5 Å². The van der Waals surface area contributed by atoms with Gasteiger partial charge in [0.1, 0.15) is 0 Å². The summed E-state index contributed by atoms with van der Waals surface area (Å²) in [7, 11) is 0. The number of carbonyl (C=O) groups is 2. The molecule has 1 fully saturated rings. The first kappa shape index (κ1) is 17.2. The van der Waals surface area contributed by atoms with Gasteiger partial charge in [0.25, 0.3) is 0 Å². The van der Waals surface area contributed by atoms with Crippen molar-refractivity contribution in [3.63, 3.8) is 0 Å². The number of nitrogens with one attached hydrogen (secondary N) is 1. The van der Waals surface area contributed by atoms with Gasteiger partial charge in [-0.1, -0.05) is 30.3 Å². The van der Waals surface area contributed by atoms with Crippen molar-refractivity contribution in [2.45, 2.75) is 27.2 Å². The van der Waals surface area contributed by atoms with Crippen molar-refractivity contribution in [2.75, 3.05) is 16.8 Å². The van der Waals surface area contributed by atoms with Gasteiger partial charge in [0.2, 0.25) is 11.8 Å². The fourth-order valence-electron chi connectivity index (χ4n) is 3.13. The molecule has 4 heteroatoms. The summed E-state index contributed by atoms with van der Waals surface area (Å²) < 4.78 is 0. The third kappa shape index (κ3) is 3.73. The van der Waals surface area contributed by atoms with Crippen LogP contribution in [0.3, 0.4) is 0 Å². The van der Waals surface area contributed by atoms with Crippen molar-refractivity contribution >= 4 is 23.2 Å². The lowest BCUT2D eigenvalue weighted by Crippen LogP contribution is -2.33. The second-order valence-electron chi connectivity index (χ2n) is 6.67. The Kier molecular flexibility index (Phi) is 4.88. The van der Waals surface area contributed by atoms with Gasteiger partial charge in [-0.25, -0.2) is 0 Å². The molecule has 2 amide bonds. The maximum absolute atomic E-state index is 12.8. The molecule has 1 aliphatic rings. The molecule has 25 heavy (non-hydrogen) atoms. The highest BCUT2D eigenvalue weighted by atomic mass is 16.2. The molecule has 1 N–H and O–H groups in total. The highest BCUT2D eigenvalue weighted by Crippen LogP contribution is 2.41. The molecule has 2 aromatic rings. The Bertz CT molecular complexity index is 786. The van der Waals surface area contributed by atoms with Crippen LogP contribution in [0.4, 0.5) is 11.4 Å². The lowest BCUT2D eigenvalue weighted by atomic mass is 10.1. The van der Waals surface area contributed by atoms with E-state index in [1.54, 1.807) is 4.90 Å². The van der Waals surface area contributed by atoms with Crippen LogP contribution in [0.15, 0.2) is 48.5 Å². The van der Waals surface area contributed by atoms with Gasteiger partial charge in [0, 0.05) is 17.9 Å². The Morgan fingerprint density at radius 1 is 1.08 bits per heavy atom. The second-order valence-corrected chi connectivity index (χ2v) is 6.67. The van der Waals surface area contributed by atoms with Gasteiger partial charge in [-0.15, -0.1) is 0 Å². The van der Waals surface area contributed by atoms with Crippen molar-refractivity contribution in [1.82, 2.24) is 0 Å². The van der Waals surface area contributed by atoms with Crippen molar-refractivity contribution in [2.24, 2.45) is 11.8 Å². The zero-order chi connectivity index (χ0) is 18.0. The minimum absolute atomic E-state index is 0.0369. The van der Waals surface area contributed by atoms with E-state index in [1.165, 1.54) is 0 Å². The molecule has 0 spiro atoms. The zero-order valence-corrected chi connectivity index (χ0v) is 15.0. The van der Waals surface area contributed by atoms with E-state index in [0.717, 1.165) is 22.5 Å². The highest BCUT2D eigenvalue weighted by Gasteiger charge is 2.49. The largest absolute Gasteiger partial charge is 0.326 e. The monoisotopic (exact) mass is 336 g/mol. The predicted molar refractivity (Wildman–Crippen MR) is 101 cm³/mol. The molecule has 3 rings (SSSR count). The summed E-state index contributed by atoms with van der Waals surface area (Å²) in [6, 6.07) is 15.6. The van der Waals surface area contributed by atoms with Gasteiger partial charge in [-0.3, -0.25) is 9.59 Å². The molecule has 0 radical (unpaired) electrons. The summed E-state index contributed by atoms with van der Waals surface area (Å²) in [5, 5.41) is 2.98. The van der Waals surface area contributed by atoms with Crippen LogP contribution in [0.5, 0.6) is 0 Å². The van der Waals surface area contributed by atoms with E-state index in [4.69, 9.17) is 0 Å². The third-order valence-electron chi connectivity index (χ3n) is 4.75. The maximum atomic E-state index is 12.8. The van der Waals surface area contributed by atoms with E-state index in [1.807, 2.05) is 69.3 Å². The van der Waals surface area contributed by atoms with Crippen LogP contribution >= 0.6 is 0 Å². The molecular weight excluding hydrogens is 312 g/mol. The number of rotatable bonds is 5. The fourth-order valence-corrected chi connectivity index (χ4v) is 3.13. The summed E-state index contributed by atoms with van der Waals surface area (Å²) in [6.07, 6.45) is 0.624. The van der Waals surface area contributed by atoms with Gasteiger partial charge >= 0.3 is 0 Å². The summed E-state index contributed by atoms with van der Waals surface area (Å²) in [5.74, 6) is -0.471. The van der Waals surface area contributed by atoms with Crippen LogP contribution in [0.25, 0.3) is 0 Å². The van der Waals surface area contributed by atoms with Crippen molar-refractivity contribution < 1.29 is 9.59 Å². The van der Waals surface area contributed by atoms with E-state index in [9.17, 15) is 9.59 Å². The Hall–Kier alpha value is -2.62. The predicted octanol–water partition coefficient (Wildman–Crippen LogP) is 3.93. The number of amides is 2. The lowest BCUT2D eigenvalue weighted by molar-refractivity contribution is -0.123. The van der Waals surface area contributed by atoms with Gasteiger partial charge in [0.05, 0.1) is 11.8 Å². The van der Waals surface area contributed by atoms with Gasteiger partial charge in [-0.2, -0.15) is 0 Å². The molecule has 1 saturated carbocycles. The standard InChI is InChI=1S/C21H24N2O2/c1-4-23(16-8-6-5-7-9-16)21(25)18-13-17(18)20(24)22-19-12-14(2)10-11-15(19)3/h5-12,17-18H,4,13H2,1-3H3,(H,22,24). The molecule has 0 aliphatic heterocycles. The lowest BCUT2D eigenvalue weighted by Gasteiger charge is -2.21. The number of para-hydroxylation sites is 1. The molecule has 1 aliphatic carbocycles. The molecule has 0 saturated heterocycles. The number of aryl methyl sites for hydroxylation is 2. The molecule has 0 aromatic heterocycles. The number of nitrogens with zero attached hydrogens (tertiary/aromatic N) is 1. The first-order valence-corrected chi connectivity index (χ1v) is 8.75. The van der Waals surface area contributed by atoms with E-state index >= 15 is 0 Å². The van der Waals surface area contributed by atoms with Crippen LogP contribution in [-0.2, 0) is 9.59 Å². The van der Waals surface area contributed by atoms with E-state index in [2.05, 4.69) is 5.32 Å². The molecule has 0 bridgehead atoms. The third-order valence-corrected chi connectivity index (χ3v) is 4.75. The molecule has 0 heterocycles. The fraction of sp³-hybridized carbons (Fsp3) is 0.333. The summed E-state index contributed by atoms with van der Waals surface area (Å²) >= 11 is 0. The van der Waals surface area contributed by atoms with Crippen molar-refractivity contribution in [3.05, 3.63) is 59.7 Å². The van der Waals surface area contributed by atoms with Crippen molar-refractivity contribution in [3.8, 4) is 0 Å². The summed E-state index contributed by atoms with van der Waals surface area (Å²) in [5.41, 5.74) is 3.85. The molecule has 2 aromatic carbocycles. The maximum Gasteiger partial charge on any atom is 0.230 e. The number of hydrogen-bond acceptors (Lipinski definition) is 2. The van der Waals surface area contributed by atoms with E-state index < -0.39 is 0 Å². The normalized spacial score (nSPS) is 18.5. The van der Waals surface area contributed by atoms with Gasteiger partial charge < -0.3 is 10.2 Å². The Labute approximate surface area is 148 Å². The molecule has 2 atom stereocenters. The van der Waals surface area contributed by atoms with Gasteiger partial charge in [0.15, 0.2) is 0 Å².